The van der Waals surface area contributed by atoms with Crippen LogP contribution in [0.5, 0.6) is 0 Å². The third-order valence-corrected chi connectivity index (χ3v) is 1.55. The molecule has 0 aliphatic heterocycles. The molecule has 1 aromatic rings. The Balaban J connectivity index is 0.000000921. The van der Waals surface area contributed by atoms with Crippen LogP contribution in [0.2, 0.25) is 0 Å². The van der Waals surface area contributed by atoms with Gasteiger partial charge in [0, 0.05) is 6.07 Å². The minimum absolute atomic E-state index is 0.116. The summed E-state index contributed by atoms with van der Waals surface area (Å²) < 4.78 is 4.61. The maximum absolute atomic E-state index is 10.5. The lowest BCUT2D eigenvalue weighted by molar-refractivity contribution is -0.385. The van der Waals surface area contributed by atoms with E-state index < -0.39 is 4.92 Å². The maximum Gasteiger partial charge on any atom is 0.282 e. The van der Waals surface area contributed by atoms with Gasteiger partial charge in [0.1, 0.15) is 5.56 Å². The third kappa shape index (κ3) is 3.38. The molecule has 82 valence electrons. The van der Waals surface area contributed by atoms with Gasteiger partial charge in [0.25, 0.3) is 5.69 Å². The van der Waals surface area contributed by atoms with Gasteiger partial charge in [-0.1, -0.05) is 26.0 Å². The molecule has 0 bridgehead atoms. The first-order valence-electron chi connectivity index (χ1n) is 4.53. The van der Waals surface area contributed by atoms with E-state index >= 15 is 0 Å². The van der Waals surface area contributed by atoms with Gasteiger partial charge in [-0.15, -0.1) is 0 Å². The molecular formula is C10H14N2O3. The van der Waals surface area contributed by atoms with Crippen molar-refractivity contribution in [3.8, 4) is 0 Å². The van der Waals surface area contributed by atoms with E-state index in [0.717, 1.165) is 0 Å². The summed E-state index contributed by atoms with van der Waals surface area (Å²) >= 11 is 0. The Labute approximate surface area is 88.3 Å². The van der Waals surface area contributed by atoms with Crippen molar-refractivity contribution < 1.29 is 9.66 Å². The van der Waals surface area contributed by atoms with E-state index in [1.165, 1.54) is 19.2 Å². The van der Waals surface area contributed by atoms with Gasteiger partial charge in [0.05, 0.1) is 12.0 Å². The Hall–Kier alpha value is -1.91. The van der Waals surface area contributed by atoms with Crippen LogP contribution in [0, 0.1) is 15.5 Å². The van der Waals surface area contributed by atoms with E-state index in [9.17, 15) is 10.1 Å². The molecule has 1 N–H and O–H groups in total. The van der Waals surface area contributed by atoms with E-state index in [1.807, 2.05) is 13.8 Å². The number of para-hydroxylation sites is 1. The van der Waals surface area contributed by atoms with Crippen LogP contribution in [0.15, 0.2) is 24.3 Å². The summed E-state index contributed by atoms with van der Waals surface area (Å²) in [6.07, 6.45) is 0. The molecule has 5 heteroatoms. The van der Waals surface area contributed by atoms with Gasteiger partial charge < -0.3 is 4.74 Å². The zero-order valence-electron chi connectivity index (χ0n) is 8.98. The van der Waals surface area contributed by atoms with Crippen molar-refractivity contribution in [1.29, 1.82) is 5.41 Å². The lowest BCUT2D eigenvalue weighted by atomic mass is 10.2. The molecule has 0 aromatic heterocycles. The van der Waals surface area contributed by atoms with Crippen LogP contribution in [0.3, 0.4) is 0 Å². The Kier molecular flexibility index (Phi) is 5.70. The number of ether oxygens (including phenoxy) is 1. The van der Waals surface area contributed by atoms with Gasteiger partial charge in [-0.25, -0.2) is 0 Å². The Morgan fingerprint density at radius 2 is 1.93 bits per heavy atom. The molecule has 5 nitrogen and oxygen atoms in total. The number of rotatable bonds is 2. The molecule has 0 spiro atoms. The summed E-state index contributed by atoms with van der Waals surface area (Å²) in [6.45, 7) is 4.00. The molecule has 0 aliphatic rings. The second kappa shape index (κ2) is 6.53. The fourth-order valence-electron chi connectivity index (χ4n) is 0.935. The summed E-state index contributed by atoms with van der Waals surface area (Å²) in [6, 6.07) is 5.98. The molecule has 0 amide bonds. The van der Waals surface area contributed by atoms with Crippen LogP contribution in [0.1, 0.15) is 19.4 Å². The predicted octanol–water partition coefficient (Wildman–Crippen LogP) is 2.59. The molecule has 0 heterocycles. The molecule has 0 unspecified atom stereocenters. The van der Waals surface area contributed by atoms with Crippen molar-refractivity contribution >= 4 is 11.6 Å². The van der Waals surface area contributed by atoms with Crippen molar-refractivity contribution in [2.24, 2.45) is 0 Å². The second-order valence-electron chi connectivity index (χ2n) is 2.31. The van der Waals surface area contributed by atoms with E-state index in [4.69, 9.17) is 5.41 Å². The zero-order valence-corrected chi connectivity index (χ0v) is 8.98. The molecule has 15 heavy (non-hydrogen) atoms. The number of hydrogen-bond acceptors (Lipinski definition) is 4. The lowest BCUT2D eigenvalue weighted by Crippen LogP contribution is -2.05. The van der Waals surface area contributed by atoms with Gasteiger partial charge in [-0.05, 0) is 6.07 Å². The van der Waals surface area contributed by atoms with Crippen LogP contribution >= 0.6 is 0 Å². The normalized spacial score (nSPS) is 8.47. The molecule has 0 aliphatic carbocycles. The quantitative estimate of drug-likeness (QED) is 0.353. The fourth-order valence-corrected chi connectivity index (χ4v) is 0.935. The molecule has 1 aromatic carbocycles. The first-order chi connectivity index (χ1) is 7.16. The number of nitro groups is 1. The first kappa shape index (κ1) is 13.1. The first-order valence-corrected chi connectivity index (χ1v) is 4.53. The second-order valence-corrected chi connectivity index (χ2v) is 2.31. The standard InChI is InChI=1S/C8H8N2O3.C2H6/c1-13-8(9)6-4-2-3-5-7(6)10(11)12;1-2/h2-5,9H,1H3;1-2H3. The Bertz CT molecular complexity index is 350. The monoisotopic (exact) mass is 210 g/mol. The van der Waals surface area contributed by atoms with Gasteiger partial charge in [0.2, 0.25) is 5.90 Å². The number of nitrogens with one attached hydrogen (secondary N) is 1. The van der Waals surface area contributed by atoms with Gasteiger partial charge >= 0.3 is 0 Å². The van der Waals surface area contributed by atoms with E-state index in [2.05, 4.69) is 4.74 Å². The predicted molar refractivity (Wildman–Crippen MR) is 58.3 cm³/mol. The van der Waals surface area contributed by atoms with Gasteiger partial charge in [-0.2, -0.15) is 0 Å². The van der Waals surface area contributed by atoms with Crippen LogP contribution < -0.4 is 0 Å². The SMILES string of the molecule is CC.COC(=N)c1ccccc1[N+](=O)[O-]. The van der Waals surface area contributed by atoms with Crippen molar-refractivity contribution in [2.45, 2.75) is 13.8 Å². The molecule has 0 saturated carbocycles. The van der Waals surface area contributed by atoms with Crippen LogP contribution in [0.25, 0.3) is 0 Å². The third-order valence-electron chi connectivity index (χ3n) is 1.55. The highest BCUT2D eigenvalue weighted by Crippen LogP contribution is 2.17. The largest absolute Gasteiger partial charge is 0.481 e. The van der Waals surface area contributed by atoms with Crippen LogP contribution in [0.4, 0.5) is 5.69 Å². The highest BCUT2D eigenvalue weighted by atomic mass is 16.6. The molecule has 1 rings (SSSR count). The van der Waals surface area contributed by atoms with Crippen LogP contribution in [-0.4, -0.2) is 17.9 Å². The van der Waals surface area contributed by atoms with Crippen molar-refractivity contribution in [3.05, 3.63) is 39.9 Å². The van der Waals surface area contributed by atoms with Crippen molar-refractivity contribution in [1.82, 2.24) is 0 Å². The summed E-state index contributed by atoms with van der Waals surface area (Å²) in [4.78, 5) is 9.96. The number of nitrogens with zero attached hydrogens (tertiary/aromatic N) is 1. The summed E-state index contributed by atoms with van der Waals surface area (Å²) in [5.41, 5.74) is 0.0735. The van der Waals surface area contributed by atoms with Crippen molar-refractivity contribution in [2.75, 3.05) is 7.11 Å². The topological polar surface area (TPSA) is 76.2 Å². The molecule has 0 saturated heterocycles. The summed E-state index contributed by atoms with van der Waals surface area (Å²) in [5.74, 6) is -0.202. The molecular weight excluding hydrogens is 196 g/mol. The van der Waals surface area contributed by atoms with Crippen LogP contribution in [-0.2, 0) is 4.74 Å². The number of hydrogen-bond donors (Lipinski definition) is 1. The summed E-state index contributed by atoms with van der Waals surface area (Å²) in [7, 11) is 1.30. The van der Waals surface area contributed by atoms with Gasteiger partial charge in [-0.3, -0.25) is 15.5 Å². The Morgan fingerprint density at radius 3 is 2.40 bits per heavy atom. The highest BCUT2D eigenvalue weighted by Gasteiger charge is 2.16. The molecule has 0 fully saturated rings. The van der Waals surface area contributed by atoms with E-state index in [-0.39, 0.29) is 17.1 Å². The minimum Gasteiger partial charge on any atom is -0.481 e. The van der Waals surface area contributed by atoms with Gasteiger partial charge in [0.15, 0.2) is 0 Å². The maximum atomic E-state index is 10.5. The highest BCUT2D eigenvalue weighted by molar-refractivity contribution is 5.95. The number of methoxy groups -OCH3 is 1. The number of benzene rings is 1. The average Bonchev–Trinajstić information content (AvgIpc) is 2.30. The number of nitro benzene ring substituents is 1. The zero-order chi connectivity index (χ0) is 11.8. The van der Waals surface area contributed by atoms with E-state index in [1.54, 1.807) is 12.1 Å². The smallest absolute Gasteiger partial charge is 0.282 e. The van der Waals surface area contributed by atoms with E-state index in [0.29, 0.717) is 0 Å². The summed E-state index contributed by atoms with van der Waals surface area (Å²) in [5, 5.41) is 17.8. The minimum atomic E-state index is -0.539. The molecule has 0 radical (unpaired) electrons. The Morgan fingerprint density at radius 1 is 1.40 bits per heavy atom. The molecule has 0 atom stereocenters. The average molecular weight is 210 g/mol. The fraction of sp³-hybridized carbons (Fsp3) is 0.300. The lowest BCUT2D eigenvalue weighted by Gasteiger charge is -2.01. The van der Waals surface area contributed by atoms with Crippen molar-refractivity contribution in [3.63, 3.8) is 0 Å².